The van der Waals surface area contributed by atoms with E-state index in [4.69, 9.17) is 71.8 Å². The molecule has 4 aromatic carbocycles. The van der Waals surface area contributed by atoms with Gasteiger partial charge in [0.25, 0.3) is 22.2 Å². The van der Waals surface area contributed by atoms with E-state index in [1.165, 1.54) is 46.2 Å². The molecule has 0 fully saturated rings. The predicted octanol–water partition coefficient (Wildman–Crippen LogP) is 7.98. The second-order valence-electron chi connectivity index (χ2n) is 18.3. The van der Waals surface area contributed by atoms with Crippen molar-refractivity contribution in [1.82, 2.24) is 79.7 Å². The zero-order chi connectivity index (χ0) is 63.0. The molecule has 0 aliphatic heterocycles. The average Bonchev–Trinajstić information content (AvgIpc) is 4.61. The van der Waals surface area contributed by atoms with Crippen LogP contribution in [0.1, 0.15) is 34.7 Å². The van der Waals surface area contributed by atoms with Crippen molar-refractivity contribution in [3.8, 4) is 68.5 Å². The summed E-state index contributed by atoms with van der Waals surface area (Å²) < 4.78 is 46.0. The molecule has 0 amide bonds. The van der Waals surface area contributed by atoms with E-state index in [0.717, 1.165) is 48.7 Å². The van der Waals surface area contributed by atoms with Crippen LogP contribution < -0.4 is 41.2 Å². The summed E-state index contributed by atoms with van der Waals surface area (Å²) in [5.74, 6) is 5.70. The number of benzene rings is 4. The lowest BCUT2D eigenvalue weighted by Gasteiger charge is -2.03. The van der Waals surface area contributed by atoms with E-state index >= 15 is 0 Å². The molecule has 0 spiro atoms. The molecule has 0 saturated heterocycles. The minimum absolute atomic E-state index is 0.0519. The van der Waals surface area contributed by atoms with E-state index in [2.05, 4.69) is 61.0 Å². The first-order valence-corrected chi connectivity index (χ1v) is 27.3. The van der Waals surface area contributed by atoms with Gasteiger partial charge in [0.05, 0.1) is 45.9 Å². The third kappa shape index (κ3) is 16.3. The quantitative estimate of drug-likeness (QED) is 0.0884. The van der Waals surface area contributed by atoms with E-state index < -0.39 is 11.1 Å². The highest BCUT2D eigenvalue weighted by Crippen LogP contribution is 2.25. The molecular weight excluding hydrogens is 1220 g/mol. The topological polar surface area (TPSA) is 332 Å². The SMILES string of the molecule is COc1ccc(-c2noc(Cn3ncc(C)c(C)c3=O)n2)cc1.COc1ccc(-c2noc(Cn3nccc(Cl)c3=O)n2)cc1.COc1cccc(-c2noc(Cn3ncc(Cl)cc3=O)n2)c1.COc1cccc(-c2noc(Cn3nccc(Cl)c3=O)n2)c1. The maximum absolute atomic E-state index is 12.1. The smallest absolute Gasteiger partial charge is 0.285 e. The molecule has 12 aromatic rings. The van der Waals surface area contributed by atoms with Gasteiger partial charge in [0.2, 0.25) is 46.9 Å². The van der Waals surface area contributed by atoms with E-state index in [-0.39, 0.29) is 70.0 Å². The summed E-state index contributed by atoms with van der Waals surface area (Å²) in [6.45, 7) is 3.95. The molecule has 31 heteroatoms. The number of hydrogen-bond acceptors (Lipinski definition) is 24. The largest absolute Gasteiger partial charge is 0.497 e. The minimum atomic E-state index is -0.412. The highest BCUT2D eigenvalue weighted by atomic mass is 35.5. The Kier molecular flexibility index (Phi) is 20.7. The minimum Gasteiger partial charge on any atom is -0.497 e. The Bertz CT molecular complexity index is 4600. The van der Waals surface area contributed by atoms with Gasteiger partial charge in [-0.05, 0) is 104 Å². The van der Waals surface area contributed by atoms with Crippen LogP contribution in [0.2, 0.25) is 15.1 Å². The number of rotatable bonds is 16. The lowest BCUT2D eigenvalue weighted by atomic mass is 10.2. The van der Waals surface area contributed by atoms with Crippen molar-refractivity contribution in [3.63, 3.8) is 0 Å². The van der Waals surface area contributed by atoms with Crippen LogP contribution >= 0.6 is 34.8 Å². The van der Waals surface area contributed by atoms with E-state index in [1.54, 1.807) is 65.8 Å². The Hall–Kier alpha value is -11.0. The number of ether oxygens (including phenoxy) is 4. The Labute approximate surface area is 517 Å². The van der Waals surface area contributed by atoms with Crippen LogP contribution in [0.3, 0.4) is 0 Å². The molecule has 28 nitrogen and oxygen atoms in total. The highest BCUT2D eigenvalue weighted by molar-refractivity contribution is 6.30. The summed E-state index contributed by atoms with van der Waals surface area (Å²) in [5.41, 5.74) is 3.29. The summed E-state index contributed by atoms with van der Waals surface area (Å²) >= 11 is 17.2. The number of aryl methyl sites for hydroxylation is 1. The molecule has 0 saturated carbocycles. The number of aromatic nitrogens is 16. The zero-order valence-electron chi connectivity index (χ0n) is 47.8. The summed E-state index contributed by atoms with van der Waals surface area (Å²) in [7, 11) is 6.37. The maximum atomic E-state index is 12.1. The van der Waals surface area contributed by atoms with Gasteiger partial charge in [-0.25, -0.2) is 18.7 Å². The van der Waals surface area contributed by atoms with Crippen LogP contribution in [-0.4, -0.2) is 108 Å². The van der Waals surface area contributed by atoms with Crippen molar-refractivity contribution >= 4 is 34.8 Å². The predicted molar refractivity (Wildman–Crippen MR) is 320 cm³/mol. The molecule has 0 aliphatic carbocycles. The summed E-state index contributed by atoms with van der Waals surface area (Å²) in [6, 6.07) is 33.2. The van der Waals surface area contributed by atoms with Crippen molar-refractivity contribution in [2.24, 2.45) is 0 Å². The maximum Gasteiger partial charge on any atom is 0.285 e. The number of methoxy groups -OCH3 is 4. The van der Waals surface area contributed by atoms with Crippen molar-refractivity contribution < 1.29 is 37.0 Å². The second kappa shape index (κ2) is 29.4. The first-order chi connectivity index (χ1) is 43.1. The molecule has 8 aromatic heterocycles. The molecule has 89 heavy (non-hydrogen) atoms. The van der Waals surface area contributed by atoms with Gasteiger partial charge >= 0.3 is 0 Å². The zero-order valence-corrected chi connectivity index (χ0v) is 50.1. The normalized spacial score (nSPS) is 10.7. The standard InChI is InChI=1S/C16H16N4O3.3C14H11ClN4O3/c1-10-8-17-20(16(21)11(10)2)9-14-18-15(19-23-14)12-4-6-13(22-3)7-5-12;1-21-10-4-2-9(3-5-10)13-17-12(22-18-13)8-19-14(20)11(15)6-7-16-19;1-21-11-4-2-3-9(5-11)14-17-12(22-18-14)8-19-13(20)6-10(15)7-16-19;1-21-10-4-2-3-9(7-10)13-17-12(22-18-13)8-19-14(20)11(15)5-6-16-19/h4-8H,9H2,1-3H3;3*2-7H,8H2,1H3. The Morgan fingerprint density at radius 3 is 1.17 bits per heavy atom. The molecule has 0 radical (unpaired) electrons. The molecule has 0 bridgehead atoms. The van der Waals surface area contributed by atoms with E-state index in [9.17, 15) is 19.2 Å². The van der Waals surface area contributed by atoms with Crippen LogP contribution in [0.4, 0.5) is 0 Å². The molecule has 0 N–H and O–H groups in total. The van der Waals surface area contributed by atoms with E-state index in [1.807, 2.05) is 79.7 Å². The molecule has 0 unspecified atom stereocenters. The van der Waals surface area contributed by atoms with Crippen molar-refractivity contribution in [1.29, 1.82) is 0 Å². The average molecular weight is 1270 g/mol. The molecule has 0 aliphatic rings. The van der Waals surface area contributed by atoms with Gasteiger partial charge in [-0.2, -0.15) is 40.3 Å². The molecule has 0 atom stereocenters. The van der Waals surface area contributed by atoms with Crippen molar-refractivity contribution in [2.45, 2.75) is 40.0 Å². The Balaban J connectivity index is 0.000000141. The third-order valence-electron chi connectivity index (χ3n) is 12.5. The van der Waals surface area contributed by atoms with Crippen molar-refractivity contribution in [2.75, 3.05) is 28.4 Å². The lowest BCUT2D eigenvalue weighted by Crippen LogP contribution is -2.26. The van der Waals surface area contributed by atoms with Gasteiger partial charge in [0.1, 0.15) is 59.2 Å². The monoisotopic (exact) mass is 1270 g/mol. The fraction of sp³-hybridized carbons (Fsp3) is 0.172. The molecule has 454 valence electrons. The number of nitrogens with zero attached hydrogens (tertiary/aromatic N) is 16. The van der Waals surface area contributed by atoms with Gasteiger partial charge in [0.15, 0.2) is 0 Å². The molecular formula is C58H49Cl3N16O12. The van der Waals surface area contributed by atoms with Gasteiger partial charge in [-0.1, -0.05) is 79.7 Å². The Morgan fingerprint density at radius 2 is 0.775 bits per heavy atom. The fourth-order valence-electron chi connectivity index (χ4n) is 7.65. The summed E-state index contributed by atoms with van der Waals surface area (Å²) in [6.07, 6.45) is 5.90. The first-order valence-electron chi connectivity index (χ1n) is 26.2. The third-order valence-corrected chi connectivity index (χ3v) is 13.3. The summed E-state index contributed by atoms with van der Waals surface area (Å²) in [5, 5.41) is 31.9. The Morgan fingerprint density at radius 1 is 0.404 bits per heavy atom. The highest BCUT2D eigenvalue weighted by Gasteiger charge is 2.16. The molecule has 12 rings (SSSR count). The van der Waals surface area contributed by atoms with Crippen LogP contribution in [-0.2, 0) is 26.2 Å². The fourth-order valence-corrected chi connectivity index (χ4v) is 8.10. The second-order valence-corrected chi connectivity index (χ2v) is 19.6. The summed E-state index contributed by atoms with van der Waals surface area (Å²) in [4.78, 5) is 64.5. The van der Waals surface area contributed by atoms with E-state index in [0.29, 0.717) is 46.3 Å². The van der Waals surface area contributed by atoms with Gasteiger partial charge < -0.3 is 37.0 Å². The molecule has 8 heterocycles. The van der Waals surface area contributed by atoms with Gasteiger partial charge in [-0.15, -0.1) is 0 Å². The number of halogens is 3. The van der Waals surface area contributed by atoms with Crippen molar-refractivity contribution in [3.05, 3.63) is 231 Å². The van der Waals surface area contributed by atoms with Crippen LogP contribution in [0, 0.1) is 13.8 Å². The van der Waals surface area contributed by atoms with Crippen LogP contribution in [0.5, 0.6) is 23.0 Å². The van der Waals surface area contributed by atoms with Crippen LogP contribution in [0.15, 0.2) is 177 Å². The lowest BCUT2D eigenvalue weighted by molar-refractivity contribution is 0.362. The van der Waals surface area contributed by atoms with Gasteiger partial charge in [0, 0.05) is 46.3 Å². The van der Waals surface area contributed by atoms with Gasteiger partial charge in [-0.3, -0.25) is 19.2 Å². The van der Waals surface area contributed by atoms with Crippen LogP contribution in [0.25, 0.3) is 45.6 Å². The first kappa shape index (κ1) is 62.6. The number of hydrogen-bond donors (Lipinski definition) is 0.